The standard InChI is InChI=1S/C23H21N3O3/c1-16-7-3-4-12-21(16)23(28)25-19-10-6-9-18(14-19)22(27)26-24-15-17-8-5-11-20(13-17)29-2/h3-15H,1-2H3,(H,25,28)(H,26,27)/b24-15+. The Balaban J connectivity index is 1.65. The van der Waals surface area contributed by atoms with Crippen LogP contribution in [0.3, 0.4) is 0 Å². The van der Waals surface area contributed by atoms with Crippen molar-refractivity contribution in [1.82, 2.24) is 5.43 Å². The van der Waals surface area contributed by atoms with E-state index in [0.29, 0.717) is 22.6 Å². The number of nitrogens with zero attached hydrogens (tertiary/aromatic N) is 1. The zero-order valence-electron chi connectivity index (χ0n) is 16.2. The number of ether oxygens (including phenoxy) is 1. The number of carbonyl (C=O) groups is 2. The molecule has 3 aromatic carbocycles. The smallest absolute Gasteiger partial charge is 0.271 e. The molecule has 0 radical (unpaired) electrons. The van der Waals surface area contributed by atoms with Crippen LogP contribution in [0, 0.1) is 6.92 Å². The van der Waals surface area contributed by atoms with E-state index in [2.05, 4.69) is 15.8 Å². The molecule has 0 unspecified atom stereocenters. The summed E-state index contributed by atoms with van der Waals surface area (Å²) in [6, 6.07) is 21.3. The van der Waals surface area contributed by atoms with Crippen molar-refractivity contribution in [3.8, 4) is 5.75 Å². The van der Waals surface area contributed by atoms with E-state index >= 15 is 0 Å². The summed E-state index contributed by atoms with van der Waals surface area (Å²) in [7, 11) is 1.59. The quantitative estimate of drug-likeness (QED) is 0.495. The van der Waals surface area contributed by atoms with Crippen molar-refractivity contribution in [2.75, 3.05) is 12.4 Å². The van der Waals surface area contributed by atoms with E-state index in [1.54, 1.807) is 43.5 Å². The van der Waals surface area contributed by atoms with Gasteiger partial charge in [0.25, 0.3) is 11.8 Å². The van der Waals surface area contributed by atoms with Crippen molar-refractivity contribution >= 4 is 23.7 Å². The zero-order valence-corrected chi connectivity index (χ0v) is 16.2. The van der Waals surface area contributed by atoms with Crippen LogP contribution in [0.25, 0.3) is 0 Å². The van der Waals surface area contributed by atoms with E-state index in [1.165, 1.54) is 6.21 Å². The number of amides is 2. The Kier molecular flexibility index (Phi) is 6.37. The molecule has 0 heterocycles. The fourth-order valence-corrected chi connectivity index (χ4v) is 2.72. The van der Waals surface area contributed by atoms with Gasteiger partial charge in [0.1, 0.15) is 5.75 Å². The maximum atomic E-state index is 12.5. The fraction of sp³-hybridized carbons (Fsp3) is 0.0870. The van der Waals surface area contributed by atoms with Gasteiger partial charge in [-0.25, -0.2) is 5.43 Å². The minimum absolute atomic E-state index is 0.225. The maximum Gasteiger partial charge on any atom is 0.271 e. The first-order chi connectivity index (χ1) is 14.1. The lowest BCUT2D eigenvalue weighted by atomic mass is 10.1. The number of hydrogen-bond acceptors (Lipinski definition) is 4. The van der Waals surface area contributed by atoms with E-state index < -0.39 is 0 Å². The number of nitrogens with one attached hydrogen (secondary N) is 2. The van der Waals surface area contributed by atoms with Crippen molar-refractivity contribution in [1.29, 1.82) is 0 Å². The van der Waals surface area contributed by atoms with Crippen LogP contribution in [-0.2, 0) is 0 Å². The highest BCUT2D eigenvalue weighted by atomic mass is 16.5. The number of benzene rings is 3. The predicted octanol–water partition coefficient (Wildman–Crippen LogP) is 4.02. The van der Waals surface area contributed by atoms with Gasteiger partial charge in [0, 0.05) is 16.8 Å². The summed E-state index contributed by atoms with van der Waals surface area (Å²) in [5, 5.41) is 6.79. The van der Waals surface area contributed by atoms with Crippen LogP contribution in [0.4, 0.5) is 5.69 Å². The third-order valence-corrected chi connectivity index (χ3v) is 4.25. The zero-order chi connectivity index (χ0) is 20.6. The van der Waals surface area contributed by atoms with Gasteiger partial charge in [-0.15, -0.1) is 0 Å². The summed E-state index contributed by atoms with van der Waals surface area (Å²) < 4.78 is 5.15. The second-order valence-corrected chi connectivity index (χ2v) is 6.33. The number of rotatable bonds is 6. The molecule has 29 heavy (non-hydrogen) atoms. The van der Waals surface area contributed by atoms with Crippen molar-refractivity contribution in [3.05, 3.63) is 95.1 Å². The van der Waals surface area contributed by atoms with Crippen molar-refractivity contribution in [3.63, 3.8) is 0 Å². The first kappa shape index (κ1) is 19.8. The van der Waals surface area contributed by atoms with Crippen LogP contribution in [0.1, 0.15) is 31.8 Å². The van der Waals surface area contributed by atoms with Crippen LogP contribution in [-0.4, -0.2) is 25.1 Å². The molecule has 2 N–H and O–H groups in total. The Hall–Kier alpha value is -3.93. The minimum atomic E-state index is -0.379. The average molecular weight is 387 g/mol. The topological polar surface area (TPSA) is 79.8 Å². The Morgan fingerprint density at radius 2 is 1.72 bits per heavy atom. The van der Waals surface area contributed by atoms with Gasteiger partial charge in [-0.05, 0) is 54.4 Å². The molecule has 0 saturated heterocycles. The highest BCUT2D eigenvalue weighted by Crippen LogP contribution is 2.14. The van der Waals surface area contributed by atoms with Crippen LogP contribution in [0.2, 0.25) is 0 Å². The lowest BCUT2D eigenvalue weighted by Crippen LogP contribution is -2.18. The summed E-state index contributed by atoms with van der Waals surface area (Å²) in [6.07, 6.45) is 1.53. The van der Waals surface area contributed by atoms with E-state index in [0.717, 1.165) is 11.1 Å². The van der Waals surface area contributed by atoms with Crippen LogP contribution < -0.4 is 15.5 Å². The highest BCUT2D eigenvalue weighted by molar-refractivity contribution is 6.06. The van der Waals surface area contributed by atoms with Crippen LogP contribution >= 0.6 is 0 Å². The Morgan fingerprint density at radius 3 is 2.52 bits per heavy atom. The SMILES string of the molecule is COc1cccc(/C=N/NC(=O)c2cccc(NC(=O)c3ccccc3C)c2)c1. The molecule has 0 bridgehead atoms. The van der Waals surface area contributed by atoms with Crippen LogP contribution in [0.5, 0.6) is 5.75 Å². The first-order valence-corrected chi connectivity index (χ1v) is 9.01. The summed E-state index contributed by atoms with van der Waals surface area (Å²) >= 11 is 0. The Labute approximate surface area is 169 Å². The number of aryl methyl sites for hydroxylation is 1. The van der Waals surface area contributed by atoms with Gasteiger partial charge in [0.15, 0.2) is 0 Å². The van der Waals surface area contributed by atoms with E-state index in [4.69, 9.17) is 4.74 Å². The number of anilines is 1. The molecule has 6 nitrogen and oxygen atoms in total. The van der Waals surface area contributed by atoms with Gasteiger partial charge in [0.2, 0.25) is 0 Å². The summed E-state index contributed by atoms with van der Waals surface area (Å²) in [6.45, 7) is 1.87. The summed E-state index contributed by atoms with van der Waals surface area (Å²) in [4.78, 5) is 24.8. The Morgan fingerprint density at radius 1 is 0.931 bits per heavy atom. The molecule has 0 aliphatic rings. The lowest BCUT2D eigenvalue weighted by molar-refractivity contribution is 0.0953. The number of hydrogen-bond donors (Lipinski definition) is 2. The predicted molar refractivity (Wildman–Crippen MR) is 114 cm³/mol. The molecule has 0 fully saturated rings. The van der Waals surface area contributed by atoms with Gasteiger partial charge in [-0.2, -0.15) is 5.10 Å². The van der Waals surface area contributed by atoms with Crippen molar-refractivity contribution in [2.24, 2.45) is 5.10 Å². The Bertz CT molecular complexity index is 1060. The molecular formula is C23H21N3O3. The first-order valence-electron chi connectivity index (χ1n) is 9.01. The fourth-order valence-electron chi connectivity index (χ4n) is 2.72. The molecule has 0 aliphatic carbocycles. The highest BCUT2D eigenvalue weighted by Gasteiger charge is 2.10. The average Bonchev–Trinajstić information content (AvgIpc) is 2.74. The molecule has 6 heteroatoms. The largest absolute Gasteiger partial charge is 0.497 e. The third kappa shape index (κ3) is 5.29. The summed E-state index contributed by atoms with van der Waals surface area (Å²) in [5.41, 5.74) is 5.66. The molecule has 2 amide bonds. The number of hydrazone groups is 1. The number of methoxy groups -OCH3 is 1. The molecule has 0 aromatic heterocycles. The molecular weight excluding hydrogens is 366 g/mol. The van der Waals surface area contributed by atoms with E-state index in [-0.39, 0.29) is 11.8 Å². The van der Waals surface area contributed by atoms with E-state index in [9.17, 15) is 9.59 Å². The molecule has 0 aliphatic heterocycles. The van der Waals surface area contributed by atoms with Crippen molar-refractivity contribution in [2.45, 2.75) is 6.92 Å². The number of carbonyl (C=O) groups excluding carboxylic acids is 2. The maximum absolute atomic E-state index is 12.5. The third-order valence-electron chi connectivity index (χ3n) is 4.25. The second-order valence-electron chi connectivity index (χ2n) is 6.33. The lowest BCUT2D eigenvalue weighted by Gasteiger charge is -2.08. The van der Waals surface area contributed by atoms with Gasteiger partial charge >= 0.3 is 0 Å². The molecule has 3 rings (SSSR count). The molecule has 0 atom stereocenters. The van der Waals surface area contributed by atoms with Gasteiger partial charge in [-0.1, -0.05) is 36.4 Å². The molecule has 146 valence electrons. The minimum Gasteiger partial charge on any atom is -0.497 e. The molecule has 3 aromatic rings. The van der Waals surface area contributed by atoms with Crippen LogP contribution in [0.15, 0.2) is 77.9 Å². The van der Waals surface area contributed by atoms with E-state index in [1.807, 2.05) is 43.3 Å². The second kappa shape index (κ2) is 9.32. The summed E-state index contributed by atoms with van der Waals surface area (Å²) in [5.74, 6) is 0.102. The monoisotopic (exact) mass is 387 g/mol. The normalized spacial score (nSPS) is 10.6. The van der Waals surface area contributed by atoms with Gasteiger partial charge < -0.3 is 10.1 Å². The molecule has 0 saturated carbocycles. The van der Waals surface area contributed by atoms with Gasteiger partial charge in [0.05, 0.1) is 13.3 Å². The van der Waals surface area contributed by atoms with Gasteiger partial charge in [-0.3, -0.25) is 9.59 Å². The van der Waals surface area contributed by atoms with Crippen molar-refractivity contribution < 1.29 is 14.3 Å². The molecule has 0 spiro atoms.